The van der Waals surface area contributed by atoms with Gasteiger partial charge in [0.05, 0.1) is 20.9 Å². The zero-order valence-electron chi connectivity index (χ0n) is 10.8. The highest BCUT2D eigenvalue weighted by atomic mass is 35.5. The molecule has 21 heavy (non-hydrogen) atoms. The Bertz CT molecular complexity index is 783. The summed E-state index contributed by atoms with van der Waals surface area (Å²) < 4.78 is 1.12. The number of carbonyl (C=O) groups is 1. The van der Waals surface area contributed by atoms with Crippen LogP contribution in [-0.4, -0.2) is 16.8 Å². The molecule has 0 bridgehead atoms. The molecule has 0 saturated carbocycles. The lowest BCUT2D eigenvalue weighted by atomic mass is 10.2. The van der Waals surface area contributed by atoms with E-state index < -0.39 is 0 Å². The highest BCUT2D eigenvalue weighted by molar-refractivity contribution is 7.21. The second-order valence-electron chi connectivity index (χ2n) is 4.36. The summed E-state index contributed by atoms with van der Waals surface area (Å²) in [6.07, 6.45) is 0. The van der Waals surface area contributed by atoms with Crippen molar-refractivity contribution in [1.29, 1.82) is 0 Å². The molecular formula is C15H10Cl2N2OS. The molecule has 0 aliphatic rings. The van der Waals surface area contributed by atoms with Crippen LogP contribution in [0.4, 0.5) is 5.69 Å². The molecule has 106 valence electrons. The van der Waals surface area contributed by atoms with Crippen LogP contribution in [0.3, 0.4) is 0 Å². The fraction of sp³-hybridized carbons (Fsp3) is 0.0667. The predicted molar refractivity (Wildman–Crippen MR) is 89.4 cm³/mol. The summed E-state index contributed by atoms with van der Waals surface area (Å²) in [5.74, 6) is -0.401. The van der Waals surface area contributed by atoms with Gasteiger partial charge in [-0.05, 0) is 24.3 Å². The maximum Gasteiger partial charge on any atom is 0.239 e. The number of benzene rings is 2. The molecule has 3 rings (SSSR count). The van der Waals surface area contributed by atoms with Crippen molar-refractivity contribution in [2.75, 3.05) is 11.2 Å². The van der Waals surface area contributed by atoms with Gasteiger partial charge in [0.2, 0.25) is 5.91 Å². The number of thiazole rings is 1. The Labute approximate surface area is 135 Å². The van der Waals surface area contributed by atoms with E-state index in [1.54, 1.807) is 17.4 Å². The molecule has 1 heterocycles. The molecule has 3 nitrogen and oxygen atoms in total. The third kappa shape index (κ3) is 3.02. The van der Waals surface area contributed by atoms with Crippen molar-refractivity contribution in [3.8, 4) is 10.6 Å². The first-order chi connectivity index (χ1) is 10.2. The third-order valence-corrected chi connectivity index (χ3v) is 4.56. The molecule has 2 aromatic carbocycles. The minimum atomic E-state index is -0.292. The molecule has 1 N–H and O–H groups in total. The van der Waals surface area contributed by atoms with E-state index in [2.05, 4.69) is 10.3 Å². The van der Waals surface area contributed by atoms with Gasteiger partial charge in [0.15, 0.2) is 0 Å². The van der Waals surface area contributed by atoms with Crippen LogP contribution in [0.2, 0.25) is 5.02 Å². The largest absolute Gasteiger partial charge is 0.324 e. The number of fused-ring (bicyclic) bond motifs is 1. The van der Waals surface area contributed by atoms with E-state index in [9.17, 15) is 4.79 Å². The van der Waals surface area contributed by atoms with Gasteiger partial charge in [0.25, 0.3) is 0 Å². The molecule has 0 aliphatic heterocycles. The van der Waals surface area contributed by atoms with E-state index in [1.165, 1.54) is 0 Å². The van der Waals surface area contributed by atoms with Crippen molar-refractivity contribution in [2.24, 2.45) is 0 Å². The number of anilines is 1. The second kappa shape index (κ2) is 6.02. The molecule has 0 unspecified atom stereocenters. The highest BCUT2D eigenvalue weighted by Crippen LogP contribution is 2.33. The third-order valence-electron chi connectivity index (χ3n) is 2.90. The summed E-state index contributed by atoms with van der Waals surface area (Å²) in [5, 5.41) is 4.03. The number of amides is 1. The number of rotatable bonds is 3. The number of carbonyl (C=O) groups excluding carboxylic acids is 1. The number of para-hydroxylation sites is 1. The van der Waals surface area contributed by atoms with Crippen LogP contribution in [0.15, 0.2) is 42.5 Å². The molecule has 1 aromatic heterocycles. The number of alkyl halides is 1. The van der Waals surface area contributed by atoms with E-state index in [1.807, 2.05) is 36.4 Å². The van der Waals surface area contributed by atoms with Gasteiger partial charge in [-0.15, -0.1) is 22.9 Å². The average molecular weight is 337 g/mol. The monoisotopic (exact) mass is 336 g/mol. The summed E-state index contributed by atoms with van der Waals surface area (Å²) >= 11 is 13.2. The molecule has 0 saturated heterocycles. The second-order valence-corrected chi connectivity index (χ2v) is 6.07. The number of hydrogen-bond acceptors (Lipinski definition) is 3. The van der Waals surface area contributed by atoms with Crippen molar-refractivity contribution in [2.45, 2.75) is 0 Å². The number of aromatic nitrogens is 1. The minimum absolute atomic E-state index is 0.109. The quantitative estimate of drug-likeness (QED) is 0.698. The normalized spacial score (nSPS) is 10.8. The summed E-state index contributed by atoms with van der Waals surface area (Å²) in [6, 6.07) is 13.4. The molecule has 0 atom stereocenters. The van der Waals surface area contributed by atoms with E-state index in [0.717, 1.165) is 20.8 Å². The fourth-order valence-corrected chi connectivity index (χ4v) is 3.13. The van der Waals surface area contributed by atoms with Crippen molar-refractivity contribution < 1.29 is 4.79 Å². The van der Waals surface area contributed by atoms with E-state index >= 15 is 0 Å². The van der Waals surface area contributed by atoms with Crippen LogP contribution in [0, 0.1) is 0 Å². The summed E-state index contributed by atoms with van der Waals surface area (Å²) in [7, 11) is 0. The SMILES string of the molecule is O=C(CCl)Nc1cc(-c2nc3ccccc3s2)ccc1Cl. The number of hydrogen-bond donors (Lipinski definition) is 1. The lowest BCUT2D eigenvalue weighted by molar-refractivity contribution is -0.113. The van der Waals surface area contributed by atoms with Crippen LogP contribution >= 0.6 is 34.5 Å². The summed E-state index contributed by atoms with van der Waals surface area (Å²) in [4.78, 5) is 16.0. The Morgan fingerprint density at radius 2 is 2.05 bits per heavy atom. The Balaban J connectivity index is 2.02. The van der Waals surface area contributed by atoms with Crippen LogP contribution in [0.5, 0.6) is 0 Å². The van der Waals surface area contributed by atoms with E-state index in [4.69, 9.17) is 23.2 Å². The number of halogens is 2. The zero-order chi connectivity index (χ0) is 14.8. The van der Waals surface area contributed by atoms with Gasteiger partial charge in [0, 0.05) is 5.56 Å². The highest BCUT2D eigenvalue weighted by Gasteiger charge is 2.10. The summed E-state index contributed by atoms with van der Waals surface area (Å²) in [5.41, 5.74) is 2.41. The smallest absolute Gasteiger partial charge is 0.239 e. The minimum Gasteiger partial charge on any atom is -0.324 e. The molecule has 0 spiro atoms. The van der Waals surface area contributed by atoms with Crippen molar-refractivity contribution >= 4 is 56.3 Å². The van der Waals surface area contributed by atoms with E-state index in [-0.39, 0.29) is 11.8 Å². The van der Waals surface area contributed by atoms with Crippen LogP contribution in [0.1, 0.15) is 0 Å². The maximum atomic E-state index is 11.4. The molecule has 1 amide bonds. The first-order valence-corrected chi connectivity index (χ1v) is 7.91. The lowest BCUT2D eigenvalue weighted by Crippen LogP contribution is -2.12. The van der Waals surface area contributed by atoms with Crippen LogP contribution in [-0.2, 0) is 4.79 Å². The van der Waals surface area contributed by atoms with Gasteiger partial charge in [-0.2, -0.15) is 0 Å². The first-order valence-electron chi connectivity index (χ1n) is 6.18. The average Bonchev–Trinajstić information content (AvgIpc) is 2.93. The molecule has 0 aliphatic carbocycles. The fourth-order valence-electron chi connectivity index (χ4n) is 1.93. The van der Waals surface area contributed by atoms with Gasteiger partial charge in [-0.3, -0.25) is 4.79 Å². The van der Waals surface area contributed by atoms with Crippen LogP contribution < -0.4 is 5.32 Å². The topological polar surface area (TPSA) is 42.0 Å². The molecule has 6 heteroatoms. The van der Waals surface area contributed by atoms with Gasteiger partial charge in [-0.25, -0.2) is 4.98 Å². The molecular weight excluding hydrogens is 327 g/mol. The number of nitrogens with one attached hydrogen (secondary N) is 1. The van der Waals surface area contributed by atoms with Crippen molar-refractivity contribution in [3.63, 3.8) is 0 Å². The van der Waals surface area contributed by atoms with Gasteiger partial charge < -0.3 is 5.32 Å². The number of nitrogens with zero attached hydrogens (tertiary/aromatic N) is 1. The Kier molecular flexibility index (Phi) is 4.10. The Hall–Kier alpha value is -1.62. The first kappa shape index (κ1) is 14.3. The molecule has 0 radical (unpaired) electrons. The maximum absolute atomic E-state index is 11.4. The molecule has 3 aromatic rings. The van der Waals surface area contributed by atoms with Gasteiger partial charge >= 0.3 is 0 Å². The van der Waals surface area contributed by atoms with Crippen molar-refractivity contribution in [1.82, 2.24) is 4.98 Å². The van der Waals surface area contributed by atoms with Crippen LogP contribution in [0.25, 0.3) is 20.8 Å². The summed E-state index contributed by atoms with van der Waals surface area (Å²) in [6.45, 7) is 0. The van der Waals surface area contributed by atoms with E-state index in [0.29, 0.717) is 10.7 Å². The predicted octanol–water partition coefficient (Wildman–Crippen LogP) is 4.79. The Morgan fingerprint density at radius 3 is 2.81 bits per heavy atom. The lowest BCUT2D eigenvalue weighted by Gasteiger charge is -2.07. The van der Waals surface area contributed by atoms with Crippen molar-refractivity contribution in [3.05, 3.63) is 47.5 Å². The van der Waals surface area contributed by atoms with Gasteiger partial charge in [-0.1, -0.05) is 29.8 Å². The standard InChI is InChI=1S/C15H10Cl2N2OS/c16-8-14(20)18-12-7-9(5-6-10(12)17)15-19-11-3-1-2-4-13(11)21-15/h1-7H,8H2,(H,18,20). The zero-order valence-corrected chi connectivity index (χ0v) is 13.1. The van der Waals surface area contributed by atoms with Gasteiger partial charge in [0.1, 0.15) is 10.9 Å². The molecule has 0 fully saturated rings. The Morgan fingerprint density at radius 1 is 1.24 bits per heavy atom.